The lowest BCUT2D eigenvalue weighted by Crippen LogP contribution is -2.31. The number of ether oxygens (including phenoxy) is 2. The second kappa shape index (κ2) is 12.4. The summed E-state index contributed by atoms with van der Waals surface area (Å²) in [6.45, 7) is 7.10. The highest BCUT2D eigenvalue weighted by atomic mass is 32.1. The van der Waals surface area contributed by atoms with E-state index in [1.807, 2.05) is 18.2 Å². The van der Waals surface area contributed by atoms with Crippen LogP contribution in [-0.2, 0) is 0 Å². The third-order valence-electron chi connectivity index (χ3n) is 3.23. The zero-order valence-electron chi connectivity index (χ0n) is 14.5. The minimum Gasteiger partial charge on any atom is -0.493 e. The maximum absolute atomic E-state index is 5.79. The van der Waals surface area contributed by atoms with Gasteiger partial charge < -0.3 is 14.8 Å². The van der Waals surface area contributed by atoms with Crippen LogP contribution in [0.1, 0.15) is 38.2 Å². The average Bonchev–Trinajstić information content (AvgIpc) is 2.60. The Morgan fingerprint density at radius 1 is 1.29 bits per heavy atom. The van der Waals surface area contributed by atoms with Crippen molar-refractivity contribution in [3.8, 4) is 11.5 Å². The highest BCUT2D eigenvalue weighted by Crippen LogP contribution is 2.27. The Bertz CT molecular complexity index is 547. The van der Waals surface area contributed by atoms with Crippen LogP contribution in [0.15, 0.2) is 36.0 Å². The Morgan fingerprint density at radius 2 is 2.12 bits per heavy atom. The van der Waals surface area contributed by atoms with E-state index in [0.717, 1.165) is 17.7 Å². The van der Waals surface area contributed by atoms with Crippen molar-refractivity contribution in [1.82, 2.24) is 10.7 Å². The molecule has 0 radical (unpaired) electrons. The highest BCUT2D eigenvalue weighted by Gasteiger charge is 2.05. The summed E-state index contributed by atoms with van der Waals surface area (Å²) >= 11 is 5.05. The summed E-state index contributed by atoms with van der Waals surface area (Å²) in [7, 11) is 1.63. The number of rotatable bonds is 11. The zero-order valence-corrected chi connectivity index (χ0v) is 15.3. The van der Waals surface area contributed by atoms with Crippen molar-refractivity contribution in [2.24, 2.45) is 5.10 Å². The minimum atomic E-state index is 0.449. The van der Waals surface area contributed by atoms with Gasteiger partial charge in [-0.2, -0.15) is 5.10 Å². The molecule has 0 aromatic heterocycles. The van der Waals surface area contributed by atoms with Crippen LogP contribution in [0, 0.1) is 0 Å². The topological polar surface area (TPSA) is 54.9 Å². The van der Waals surface area contributed by atoms with Gasteiger partial charge >= 0.3 is 0 Å². The SMILES string of the molecule is C=CCNC(=S)NN=Cc1ccc(OCCCCCC)c(OC)c1. The zero-order chi connectivity index (χ0) is 17.6. The van der Waals surface area contributed by atoms with E-state index in [4.69, 9.17) is 21.7 Å². The molecule has 0 fully saturated rings. The van der Waals surface area contributed by atoms with Crippen LogP contribution in [-0.4, -0.2) is 31.6 Å². The fourth-order valence-electron chi connectivity index (χ4n) is 1.96. The number of hydrogen-bond acceptors (Lipinski definition) is 4. The highest BCUT2D eigenvalue weighted by molar-refractivity contribution is 7.80. The van der Waals surface area contributed by atoms with Gasteiger partial charge in [-0.05, 0) is 42.4 Å². The predicted octanol–water partition coefficient (Wildman–Crippen LogP) is 3.64. The number of nitrogens with zero attached hydrogens (tertiary/aromatic N) is 1. The molecule has 24 heavy (non-hydrogen) atoms. The molecule has 0 aliphatic carbocycles. The van der Waals surface area contributed by atoms with E-state index in [2.05, 4.69) is 29.3 Å². The number of methoxy groups -OCH3 is 1. The van der Waals surface area contributed by atoms with E-state index in [1.165, 1.54) is 19.3 Å². The smallest absolute Gasteiger partial charge is 0.187 e. The molecule has 1 aromatic rings. The summed E-state index contributed by atoms with van der Waals surface area (Å²) in [5, 5.41) is 7.47. The summed E-state index contributed by atoms with van der Waals surface area (Å²) in [6, 6.07) is 5.70. The molecule has 1 aromatic carbocycles. The van der Waals surface area contributed by atoms with Crippen LogP contribution in [0.5, 0.6) is 11.5 Å². The first-order chi connectivity index (χ1) is 11.7. The Balaban J connectivity index is 2.52. The van der Waals surface area contributed by atoms with E-state index >= 15 is 0 Å². The Morgan fingerprint density at radius 3 is 2.83 bits per heavy atom. The minimum absolute atomic E-state index is 0.449. The molecule has 0 amide bonds. The van der Waals surface area contributed by atoms with Gasteiger partial charge in [-0.3, -0.25) is 5.43 Å². The molecule has 0 saturated carbocycles. The maximum atomic E-state index is 5.79. The van der Waals surface area contributed by atoms with Crippen LogP contribution in [0.2, 0.25) is 0 Å². The van der Waals surface area contributed by atoms with Gasteiger partial charge in [0, 0.05) is 6.54 Å². The van der Waals surface area contributed by atoms with Gasteiger partial charge in [0.2, 0.25) is 0 Å². The molecule has 0 aliphatic rings. The lowest BCUT2D eigenvalue weighted by molar-refractivity contribution is 0.285. The molecule has 0 heterocycles. The van der Waals surface area contributed by atoms with Gasteiger partial charge in [0.1, 0.15) is 0 Å². The average molecular weight is 350 g/mol. The molecule has 132 valence electrons. The van der Waals surface area contributed by atoms with Crippen LogP contribution >= 0.6 is 12.2 Å². The van der Waals surface area contributed by atoms with E-state index in [9.17, 15) is 0 Å². The normalized spacial score (nSPS) is 10.4. The Kier molecular flexibility index (Phi) is 10.3. The number of thiocarbonyl (C=S) groups is 1. The van der Waals surface area contributed by atoms with E-state index in [0.29, 0.717) is 24.0 Å². The van der Waals surface area contributed by atoms with Crippen molar-refractivity contribution in [3.63, 3.8) is 0 Å². The monoisotopic (exact) mass is 349 g/mol. The van der Waals surface area contributed by atoms with Crippen molar-refractivity contribution < 1.29 is 9.47 Å². The molecule has 0 bridgehead atoms. The fourth-order valence-corrected chi connectivity index (χ4v) is 2.10. The predicted molar refractivity (Wildman–Crippen MR) is 104 cm³/mol. The van der Waals surface area contributed by atoms with Gasteiger partial charge in [-0.15, -0.1) is 6.58 Å². The molecule has 1 rings (SSSR count). The third kappa shape index (κ3) is 7.97. The summed E-state index contributed by atoms with van der Waals surface area (Å²) in [4.78, 5) is 0. The number of hydrazone groups is 1. The van der Waals surface area contributed by atoms with Crippen LogP contribution in [0.4, 0.5) is 0 Å². The first-order valence-corrected chi connectivity index (χ1v) is 8.60. The molecule has 0 unspecified atom stereocenters. The Labute approximate surface area is 150 Å². The van der Waals surface area contributed by atoms with E-state index in [-0.39, 0.29) is 0 Å². The van der Waals surface area contributed by atoms with Gasteiger partial charge in [-0.1, -0.05) is 32.3 Å². The molecular weight excluding hydrogens is 322 g/mol. The first kappa shape index (κ1) is 20.0. The maximum Gasteiger partial charge on any atom is 0.187 e. The largest absolute Gasteiger partial charge is 0.493 e. The lowest BCUT2D eigenvalue weighted by Gasteiger charge is -2.11. The summed E-state index contributed by atoms with van der Waals surface area (Å²) < 4.78 is 11.2. The summed E-state index contributed by atoms with van der Waals surface area (Å²) in [5.41, 5.74) is 3.63. The molecule has 6 heteroatoms. The van der Waals surface area contributed by atoms with Gasteiger partial charge in [0.25, 0.3) is 0 Å². The van der Waals surface area contributed by atoms with E-state index in [1.54, 1.807) is 19.4 Å². The number of nitrogens with one attached hydrogen (secondary N) is 2. The van der Waals surface area contributed by atoms with Crippen LogP contribution in [0.3, 0.4) is 0 Å². The van der Waals surface area contributed by atoms with Gasteiger partial charge in [0.05, 0.1) is 19.9 Å². The molecular formula is C18H27N3O2S. The van der Waals surface area contributed by atoms with Gasteiger partial charge in [-0.25, -0.2) is 0 Å². The van der Waals surface area contributed by atoms with Crippen molar-refractivity contribution in [1.29, 1.82) is 0 Å². The van der Waals surface area contributed by atoms with E-state index < -0.39 is 0 Å². The Hall–Kier alpha value is -2.08. The van der Waals surface area contributed by atoms with Crippen molar-refractivity contribution in [2.75, 3.05) is 20.3 Å². The molecule has 0 saturated heterocycles. The van der Waals surface area contributed by atoms with Crippen molar-refractivity contribution in [2.45, 2.75) is 32.6 Å². The van der Waals surface area contributed by atoms with Crippen LogP contribution < -0.4 is 20.2 Å². The number of unbranched alkanes of at least 4 members (excludes halogenated alkanes) is 3. The standard InChI is InChI=1S/C18H27N3O2S/c1-4-6-7-8-12-23-16-10-9-15(13-17(16)22-3)14-20-21-18(24)19-11-5-2/h5,9-10,13-14H,2,4,6-8,11-12H2,1,3H3,(H2,19,21,24). The number of hydrogen-bond donors (Lipinski definition) is 2. The number of benzene rings is 1. The quantitative estimate of drug-likeness (QED) is 0.210. The lowest BCUT2D eigenvalue weighted by atomic mass is 10.2. The van der Waals surface area contributed by atoms with Crippen LogP contribution in [0.25, 0.3) is 0 Å². The van der Waals surface area contributed by atoms with Crippen molar-refractivity contribution in [3.05, 3.63) is 36.4 Å². The summed E-state index contributed by atoms with van der Waals surface area (Å²) in [6.07, 6.45) is 8.11. The molecule has 2 N–H and O–H groups in total. The van der Waals surface area contributed by atoms with Gasteiger partial charge in [0.15, 0.2) is 16.6 Å². The second-order valence-electron chi connectivity index (χ2n) is 5.19. The first-order valence-electron chi connectivity index (χ1n) is 8.19. The third-order valence-corrected chi connectivity index (χ3v) is 3.47. The molecule has 0 aliphatic heterocycles. The molecule has 0 atom stereocenters. The second-order valence-corrected chi connectivity index (χ2v) is 5.60. The summed E-state index contributed by atoms with van der Waals surface area (Å²) in [5.74, 6) is 1.45. The fraction of sp³-hybridized carbons (Fsp3) is 0.444. The molecule has 0 spiro atoms. The molecule has 5 nitrogen and oxygen atoms in total. The van der Waals surface area contributed by atoms with Crippen molar-refractivity contribution >= 4 is 23.5 Å².